The Morgan fingerprint density at radius 1 is 1.22 bits per heavy atom. The Balaban J connectivity index is 1.99. The van der Waals surface area contributed by atoms with Crippen LogP contribution < -0.4 is 10.9 Å². The molecule has 0 aliphatic rings. The summed E-state index contributed by atoms with van der Waals surface area (Å²) in [5.41, 5.74) is 1.52. The summed E-state index contributed by atoms with van der Waals surface area (Å²) in [6.45, 7) is 3.47. The van der Waals surface area contributed by atoms with Gasteiger partial charge in [-0.2, -0.15) is 0 Å². The Hall–Kier alpha value is -3.02. The van der Waals surface area contributed by atoms with Crippen LogP contribution in [0.2, 0.25) is 0 Å². The number of pyridine rings is 1. The zero-order valence-electron chi connectivity index (χ0n) is 12.6. The highest BCUT2D eigenvalue weighted by Crippen LogP contribution is 2.14. The van der Waals surface area contributed by atoms with Gasteiger partial charge in [0.05, 0.1) is 0 Å². The molecule has 2 heterocycles. The fourth-order valence-electron chi connectivity index (χ4n) is 2.21. The van der Waals surface area contributed by atoms with Crippen LogP contribution in [0.1, 0.15) is 21.5 Å². The number of carbonyl (C=O) groups excluding carboxylic acids is 1. The summed E-state index contributed by atoms with van der Waals surface area (Å²) < 4.78 is 14.9. The Labute approximate surface area is 131 Å². The molecule has 0 aliphatic carbocycles. The molecule has 5 nitrogen and oxygen atoms in total. The first kappa shape index (κ1) is 14.9. The number of benzene rings is 1. The first-order chi connectivity index (χ1) is 11.0. The van der Waals surface area contributed by atoms with Gasteiger partial charge in [0, 0.05) is 18.1 Å². The maximum absolute atomic E-state index is 13.5. The molecule has 0 aliphatic heterocycles. The van der Waals surface area contributed by atoms with Gasteiger partial charge < -0.3 is 5.32 Å². The van der Waals surface area contributed by atoms with Gasteiger partial charge in [0.2, 0.25) is 0 Å². The second-order valence-electron chi connectivity index (χ2n) is 5.33. The summed E-state index contributed by atoms with van der Waals surface area (Å²) in [5.74, 6) is -1.05. The van der Waals surface area contributed by atoms with Crippen LogP contribution in [0.5, 0.6) is 0 Å². The molecule has 1 N–H and O–H groups in total. The molecule has 0 fully saturated rings. The third-order valence-electron chi connectivity index (χ3n) is 3.52. The number of hydrogen-bond donors (Lipinski definition) is 1. The summed E-state index contributed by atoms with van der Waals surface area (Å²) in [4.78, 5) is 28.8. The fraction of sp³-hybridized carbons (Fsp3) is 0.118. The Morgan fingerprint density at radius 3 is 2.74 bits per heavy atom. The number of anilines is 1. The van der Waals surface area contributed by atoms with Gasteiger partial charge in [-0.05, 0) is 43.2 Å². The van der Waals surface area contributed by atoms with Crippen LogP contribution in [0.15, 0.2) is 47.5 Å². The van der Waals surface area contributed by atoms with E-state index in [4.69, 9.17) is 0 Å². The normalized spacial score (nSPS) is 10.7. The van der Waals surface area contributed by atoms with E-state index < -0.39 is 17.3 Å². The van der Waals surface area contributed by atoms with E-state index in [1.807, 2.05) is 13.0 Å². The molecular weight excluding hydrogens is 297 g/mol. The average Bonchev–Trinajstić information content (AvgIpc) is 2.52. The molecule has 0 bridgehead atoms. The number of halogens is 1. The molecule has 0 atom stereocenters. The number of aryl methyl sites for hydroxylation is 2. The number of fused-ring (bicyclic) bond motifs is 1. The van der Waals surface area contributed by atoms with Crippen LogP contribution in [0.4, 0.5) is 10.1 Å². The predicted molar refractivity (Wildman–Crippen MR) is 85.3 cm³/mol. The maximum Gasteiger partial charge on any atom is 0.270 e. The van der Waals surface area contributed by atoms with Crippen molar-refractivity contribution in [1.29, 1.82) is 0 Å². The van der Waals surface area contributed by atoms with Crippen LogP contribution in [0, 0.1) is 19.7 Å². The van der Waals surface area contributed by atoms with Crippen molar-refractivity contribution >= 4 is 17.2 Å². The minimum absolute atomic E-state index is 0.103. The fourth-order valence-corrected chi connectivity index (χ4v) is 2.21. The van der Waals surface area contributed by atoms with Crippen LogP contribution in [-0.4, -0.2) is 15.3 Å². The molecule has 0 saturated heterocycles. The lowest BCUT2D eigenvalue weighted by Gasteiger charge is -2.07. The number of hydrogen-bond acceptors (Lipinski definition) is 3. The molecule has 2 aromatic heterocycles. The zero-order chi connectivity index (χ0) is 16.6. The largest absolute Gasteiger partial charge is 0.322 e. The van der Waals surface area contributed by atoms with Crippen molar-refractivity contribution in [3.63, 3.8) is 0 Å². The van der Waals surface area contributed by atoms with Gasteiger partial charge in [-0.1, -0.05) is 12.1 Å². The quantitative estimate of drug-likeness (QED) is 0.791. The number of nitrogens with zero attached hydrogens (tertiary/aromatic N) is 2. The highest BCUT2D eigenvalue weighted by molar-refractivity contribution is 6.03. The molecular formula is C17H14FN3O2. The first-order valence-electron chi connectivity index (χ1n) is 7.01. The minimum Gasteiger partial charge on any atom is -0.322 e. The van der Waals surface area contributed by atoms with Crippen molar-refractivity contribution in [2.75, 3.05) is 5.32 Å². The Morgan fingerprint density at radius 2 is 2.00 bits per heavy atom. The van der Waals surface area contributed by atoms with E-state index in [0.29, 0.717) is 11.2 Å². The highest BCUT2D eigenvalue weighted by Gasteiger charge is 2.14. The van der Waals surface area contributed by atoms with Crippen molar-refractivity contribution in [2.24, 2.45) is 0 Å². The van der Waals surface area contributed by atoms with Gasteiger partial charge in [-0.15, -0.1) is 0 Å². The van der Waals surface area contributed by atoms with Gasteiger partial charge in [0.15, 0.2) is 0 Å². The topological polar surface area (TPSA) is 63.5 Å². The van der Waals surface area contributed by atoms with Crippen molar-refractivity contribution < 1.29 is 9.18 Å². The van der Waals surface area contributed by atoms with E-state index in [9.17, 15) is 14.0 Å². The van der Waals surface area contributed by atoms with E-state index in [1.54, 1.807) is 31.3 Å². The number of amides is 1. The van der Waals surface area contributed by atoms with Gasteiger partial charge in [-0.3, -0.25) is 14.0 Å². The van der Waals surface area contributed by atoms with E-state index in [0.717, 1.165) is 5.56 Å². The second-order valence-corrected chi connectivity index (χ2v) is 5.33. The number of aromatic nitrogens is 2. The molecule has 1 amide bonds. The summed E-state index contributed by atoms with van der Waals surface area (Å²) >= 11 is 0. The third-order valence-corrected chi connectivity index (χ3v) is 3.52. The molecule has 23 heavy (non-hydrogen) atoms. The van der Waals surface area contributed by atoms with Gasteiger partial charge in [0.1, 0.15) is 17.0 Å². The minimum atomic E-state index is -0.623. The zero-order valence-corrected chi connectivity index (χ0v) is 12.6. The molecule has 0 saturated carbocycles. The lowest BCUT2D eigenvalue weighted by atomic mass is 10.2. The molecule has 116 valence electrons. The van der Waals surface area contributed by atoms with Crippen molar-refractivity contribution in [1.82, 2.24) is 9.38 Å². The maximum atomic E-state index is 13.5. The highest BCUT2D eigenvalue weighted by atomic mass is 19.1. The standard InChI is InChI=1S/C17H14FN3O2/c1-10-3-6-15-19-8-13(17(23)21(15)9-10)16(22)20-12-5-4-11(2)14(18)7-12/h3-9H,1-2H3,(H,20,22). The Bertz CT molecular complexity index is 979. The summed E-state index contributed by atoms with van der Waals surface area (Å²) in [7, 11) is 0. The molecule has 6 heteroatoms. The summed E-state index contributed by atoms with van der Waals surface area (Å²) in [5, 5.41) is 2.51. The van der Waals surface area contributed by atoms with Crippen molar-refractivity contribution in [2.45, 2.75) is 13.8 Å². The molecule has 3 aromatic rings. The summed E-state index contributed by atoms with van der Waals surface area (Å²) in [6.07, 6.45) is 2.85. The number of rotatable bonds is 2. The van der Waals surface area contributed by atoms with Crippen LogP contribution in [0.3, 0.4) is 0 Å². The lowest BCUT2D eigenvalue weighted by Crippen LogP contribution is -2.26. The number of nitrogens with one attached hydrogen (secondary N) is 1. The molecule has 1 aromatic carbocycles. The van der Waals surface area contributed by atoms with Crippen LogP contribution in [0.25, 0.3) is 5.65 Å². The van der Waals surface area contributed by atoms with E-state index in [2.05, 4.69) is 10.3 Å². The van der Waals surface area contributed by atoms with Crippen molar-refractivity contribution in [3.8, 4) is 0 Å². The van der Waals surface area contributed by atoms with E-state index in [-0.39, 0.29) is 11.3 Å². The SMILES string of the molecule is Cc1ccc2ncc(C(=O)Nc3ccc(C)c(F)c3)c(=O)n2c1. The average molecular weight is 311 g/mol. The van der Waals surface area contributed by atoms with Crippen LogP contribution in [-0.2, 0) is 0 Å². The molecule has 0 unspecified atom stereocenters. The number of carbonyl (C=O) groups is 1. The monoisotopic (exact) mass is 311 g/mol. The van der Waals surface area contributed by atoms with Gasteiger partial charge in [-0.25, -0.2) is 9.37 Å². The van der Waals surface area contributed by atoms with Crippen LogP contribution >= 0.6 is 0 Å². The van der Waals surface area contributed by atoms with E-state index in [1.165, 1.54) is 16.7 Å². The third kappa shape index (κ3) is 2.83. The van der Waals surface area contributed by atoms with Gasteiger partial charge >= 0.3 is 0 Å². The molecule has 0 radical (unpaired) electrons. The summed E-state index contributed by atoms with van der Waals surface area (Å²) in [6, 6.07) is 7.88. The van der Waals surface area contributed by atoms with Crippen molar-refractivity contribution in [3.05, 3.63) is 75.6 Å². The molecule has 0 spiro atoms. The smallest absolute Gasteiger partial charge is 0.270 e. The molecule has 3 rings (SSSR count). The van der Waals surface area contributed by atoms with E-state index >= 15 is 0 Å². The first-order valence-corrected chi connectivity index (χ1v) is 7.01. The predicted octanol–water partition coefficient (Wildman–Crippen LogP) is 2.70. The second kappa shape index (κ2) is 5.64. The lowest BCUT2D eigenvalue weighted by molar-refractivity contribution is 0.102. The Kier molecular flexibility index (Phi) is 3.65. The van der Waals surface area contributed by atoms with Gasteiger partial charge in [0.25, 0.3) is 11.5 Å².